The van der Waals surface area contributed by atoms with Gasteiger partial charge in [0.1, 0.15) is 0 Å². The molecule has 1 aromatic heterocycles. The van der Waals surface area contributed by atoms with Crippen molar-refractivity contribution in [2.45, 2.75) is 26.3 Å². The normalized spacial score (nSPS) is 10.5. The van der Waals surface area contributed by atoms with E-state index >= 15 is 0 Å². The van der Waals surface area contributed by atoms with Crippen LogP contribution in [0.4, 0.5) is 5.69 Å². The predicted octanol–water partition coefficient (Wildman–Crippen LogP) is 2.62. The van der Waals surface area contributed by atoms with Crippen molar-refractivity contribution in [1.29, 1.82) is 0 Å². The molecule has 0 bridgehead atoms. The Morgan fingerprint density at radius 1 is 1.35 bits per heavy atom. The van der Waals surface area contributed by atoms with Gasteiger partial charge in [-0.15, -0.1) is 11.3 Å². The van der Waals surface area contributed by atoms with Crippen LogP contribution in [0.3, 0.4) is 0 Å². The number of aromatic nitrogens is 1. The number of benzene rings is 1. The Hall–Kier alpha value is -1.88. The summed E-state index contributed by atoms with van der Waals surface area (Å²) in [6.45, 7) is 2.54. The lowest BCUT2D eigenvalue weighted by Crippen LogP contribution is -2.26. The summed E-state index contributed by atoms with van der Waals surface area (Å²) in [5, 5.41) is 3.03. The molecule has 0 aliphatic rings. The molecule has 1 aromatic carbocycles. The molecule has 4 nitrogen and oxygen atoms in total. The Morgan fingerprint density at radius 2 is 2.05 bits per heavy atom. The monoisotopic (exact) mass is 289 g/mol. The molecule has 0 fully saturated rings. The highest BCUT2D eigenvalue weighted by molar-refractivity contribution is 7.09. The molecule has 20 heavy (non-hydrogen) atoms. The molecule has 2 rings (SSSR count). The van der Waals surface area contributed by atoms with Crippen LogP contribution in [0.2, 0.25) is 0 Å². The highest BCUT2D eigenvalue weighted by Crippen LogP contribution is 2.12. The molecule has 1 heterocycles. The topological polar surface area (TPSA) is 59.2 Å². The minimum atomic E-state index is 0.132. The maximum Gasteiger partial charge on any atom is 0.222 e. The molecule has 0 aliphatic carbocycles. The van der Waals surface area contributed by atoms with Crippen molar-refractivity contribution in [2.24, 2.45) is 0 Å². The molecule has 0 radical (unpaired) electrons. The van der Waals surface area contributed by atoms with E-state index in [0.29, 0.717) is 13.0 Å². The lowest BCUT2D eigenvalue weighted by molar-refractivity contribution is -0.130. The van der Waals surface area contributed by atoms with Crippen LogP contribution in [-0.2, 0) is 17.8 Å². The van der Waals surface area contributed by atoms with E-state index in [1.807, 2.05) is 43.6 Å². The highest BCUT2D eigenvalue weighted by Gasteiger charge is 2.10. The van der Waals surface area contributed by atoms with Gasteiger partial charge in [0.05, 0.1) is 17.2 Å². The minimum Gasteiger partial charge on any atom is -0.399 e. The third-order valence-electron chi connectivity index (χ3n) is 3.10. The van der Waals surface area contributed by atoms with Crippen LogP contribution in [0.25, 0.3) is 0 Å². The van der Waals surface area contributed by atoms with Gasteiger partial charge in [-0.1, -0.05) is 12.1 Å². The van der Waals surface area contributed by atoms with Gasteiger partial charge in [0.25, 0.3) is 0 Å². The van der Waals surface area contributed by atoms with E-state index in [4.69, 9.17) is 5.73 Å². The third kappa shape index (κ3) is 4.06. The highest BCUT2D eigenvalue weighted by atomic mass is 32.1. The second-order valence-electron chi connectivity index (χ2n) is 4.85. The molecule has 106 valence electrons. The Morgan fingerprint density at radius 3 is 2.65 bits per heavy atom. The zero-order valence-corrected chi connectivity index (χ0v) is 12.6. The summed E-state index contributed by atoms with van der Waals surface area (Å²) < 4.78 is 0. The van der Waals surface area contributed by atoms with Gasteiger partial charge in [-0.25, -0.2) is 4.98 Å². The predicted molar refractivity (Wildman–Crippen MR) is 82.5 cm³/mol. The van der Waals surface area contributed by atoms with Gasteiger partial charge >= 0.3 is 0 Å². The smallest absolute Gasteiger partial charge is 0.222 e. The SMILES string of the molecule is Cc1nc(CN(C)C(=O)CCc2ccc(N)cc2)cs1. The molecule has 0 aliphatic heterocycles. The molecule has 0 unspecified atom stereocenters. The fourth-order valence-electron chi connectivity index (χ4n) is 1.94. The van der Waals surface area contributed by atoms with E-state index < -0.39 is 0 Å². The van der Waals surface area contributed by atoms with Gasteiger partial charge in [-0.3, -0.25) is 4.79 Å². The van der Waals surface area contributed by atoms with E-state index in [1.54, 1.807) is 16.2 Å². The van der Waals surface area contributed by atoms with Crippen LogP contribution in [0, 0.1) is 6.92 Å². The molecule has 2 aromatic rings. The van der Waals surface area contributed by atoms with Crippen LogP contribution in [0.1, 0.15) is 22.7 Å². The zero-order chi connectivity index (χ0) is 14.5. The van der Waals surface area contributed by atoms with E-state index in [1.165, 1.54) is 0 Å². The summed E-state index contributed by atoms with van der Waals surface area (Å²) >= 11 is 1.61. The second-order valence-corrected chi connectivity index (χ2v) is 5.91. The molecular formula is C15H19N3OS. The van der Waals surface area contributed by atoms with Gasteiger partial charge in [-0.2, -0.15) is 0 Å². The maximum absolute atomic E-state index is 12.1. The Balaban J connectivity index is 1.83. The zero-order valence-electron chi connectivity index (χ0n) is 11.8. The van der Waals surface area contributed by atoms with Crippen LogP contribution in [0.5, 0.6) is 0 Å². The number of nitrogen functional groups attached to an aromatic ring is 1. The number of carbonyl (C=O) groups excluding carboxylic acids is 1. The van der Waals surface area contributed by atoms with E-state index in [-0.39, 0.29) is 5.91 Å². The number of anilines is 1. The first-order valence-electron chi connectivity index (χ1n) is 6.54. The molecule has 0 saturated carbocycles. The number of amides is 1. The van der Waals surface area contributed by atoms with Crippen molar-refractivity contribution < 1.29 is 4.79 Å². The summed E-state index contributed by atoms with van der Waals surface area (Å²) in [5.74, 6) is 0.132. The van der Waals surface area contributed by atoms with Crippen molar-refractivity contribution >= 4 is 22.9 Å². The van der Waals surface area contributed by atoms with Gasteiger partial charge in [-0.05, 0) is 31.0 Å². The number of hydrogen-bond donors (Lipinski definition) is 1. The molecule has 0 atom stereocenters. The van der Waals surface area contributed by atoms with Crippen molar-refractivity contribution in [1.82, 2.24) is 9.88 Å². The average molecular weight is 289 g/mol. The molecule has 0 saturated heterocycles. The van der Waals surface area contributed by atoms with Crippen molar-refractivity contribution in [3.05, 3.63) is 45.9 Å². The molecule has 5 heteroatoms. The summed E-state index contributed by atoms with van der Waals surface area (Å²) in [6.07, 6.45) is 1.24. The number of carbonyl (C=O) groups is 1. The summed E-state index contributed by atoms with van der Waals surface area (Å²) in [6, 6.07) is 7.65. The Labute approximate surface area is 123 Å². The number of nitrogens with two attached hydrogens (primary N) is 1. The van der Waals surface area contributed by atoms with Crippen molar-refractivity contribution in [2.75, 3.05) is 12.8 Å². The summed E-state index contributed by atoms with van der Waals surface area (Å²) in [4.78, 5) is 18.2. The molecular weight excluding hydrogens is 270 g/mol. The van der Waals surface area contributed by atoms with E-state index in [9.17, 15) is 4.79 Å². The van der Waals surface area contributed by atoms with Crippen molar-refractivity contribution in [3.8, 4) is 0 Å². The van der Waals surface area contributed by atoms with Gasteiger partial charge in [0.2, 0.25) is 5.91 Å². The maximum atomic E-state index is 12.1. The fourth-order valence-corrected chi connectivity index (χ4v) is 2.54. The third-order valence-corrected chi connectivity index (χ3v) is 3.92. The van der Waals surface area contributed by atoms with Gasteiger partial charge in [0, 0.05) is 24.5 Å². The largest absolute Gasteiger partial charge is 0.399 e. The lowest BCUT2D eigenvalue weighted by atomic mass is 10.1. The number of nitrogens with zero attached hydrogens (tertiary/aromatic N) is 2. The number of thiazole rings is 1. The second kappa shape index (κ2) is 6.52. The Kier molecular flexibility index (Phi) is 4.74. The Bertz CT molecular complexity index is 577. The lowest BCUT2D eigenvalue weighted by Gasteiger charge is -2.15. The first kappa shape index (κ1) is 14.5. The number of rotatable bonds is 5. The fraction of sp³-hybridized carbons (Fsp3) is 0.333. The van der Waals surface area contributed by atoms with Gasteiger partial charge < -0.3 is 10.6 Å². The molecule has 1 amide bonds. The first-order chi connectivity index (χ1) is 9.54. The van der Waals surface area contributed by atoms with Gasteiger partial charge in [0.15, 0.2) is 0 Å². The first-order valence-corrected chi connectivity index (χ1v) is 7.42. The molecule has 2 N–H and O–H groups in total. The standard InChI is InChI=1S/C15H19N3OS/c1-11-17-14(10-20-11)9-18(2)15(19)8-5-12-3-6-13(16)7-4-12/h3-4,6-7,10H,5,8-9,16H2,1-2H3. The van der Waals surface area contributed by atoms with Crippen LogP contribution in [-0.4, -0.2) is 22.8 Å². The number of aryl methyl sites for hydroxylation is 2. The minimum absolute atomic E-state index is 0.132. The van der Waals surface area contributed by atoms with Crippen LogP contribution < -0.4 is 5.73 Å². The average Bonchev–Trinajstić information content (AvgIpc) is 2.83. The molecule has 0 spiro atoms. The van der Waals surface area contributed by atoms with Crippen molar-refractivity contribution in [3.63, 3.8) is 0 Å². The van der Waals surface area contributed by atoms with Crippen LogP contribution >= 0.6 is 11.3 Å². The van der Waals surface area contributed by atoms with Crippen LogP contribution in [0.15, 0.2) is 29.6 Å². The number of hydrogen-bond acceptors (Lipinski definition) is 4. The quantitative estimate of drug-likeness (QED) is 0.861. The summed E-state index contributed by atoms with van der Waals surface area (Å²) in [5.41, 5.74) is 8.47. The van der Waals surface area contributed by atoms with E-state index in [0.717, 1.165) is 28.4 Å². The summed E-state index contributed by atoms with van der Waals surface area (Å²) in [7, 11) is 1.82. The van der Waals surface area contributed by atoms with E-state index in [2.05, 4.69) is 4.98 Å².